The number of para-hydroxylation sites is 1. The second kappa shape index (κ2) is 7.89. The fourth-order valence-electron chi connectivity index (χ4n) is 3.12. The number of nitro benzene ring substituents is 1. The zero-order valence-electron chi connectivity index (χ0n) is 14.8. The molecule has 0 atom stereocenters. The molecule has 0 aliphatic heterocycles. The van der Waals surface area contributed by atoms with Gasteiger partial charge in [0.2, 0.25) is 0 Å². The molecule has 1 heterocycles. The number of nitrogens with zero attached hydrogens (tertiary/aromatic N) is 3. The van der Waals surface area contributed by atoms with E-state index in [1.165, 1.54) is 26.4 Å². The predicted molar refractivity (Wildman–Crippen MR) is 106 cm³/mol. The number of rotatable bonds is 5. The van der Waals surface area contributed by atoms with Crippen LogP contribution < -0.4 is 9.47 Å². The number of hydrogen-bond donors (Lipinski definition) is 0. The van der Waals surface area contributed by atoms with E-state index in [0.29, 0.717) is 27.8 Å². The van der Waals surface area contributed by atoms with Gasteiger partial charge in [0.25, 0.3) is 5.69 Å². The van der Waals surface area contributed by atoms with Gasteiger partial charge in [0.15, 0.2) is 5.75 Å². The third-order valence-corrected chi connectivity index (χ3v) is 4.82. The normalized spacial score (nSPS) is 10.5. The quantitative estimate of drug-likeness (QED) is 0.321. The summed E-state index contributed by atoms with van der Waals surface area (Å²) in [5, 5.41) is 21.5. The molecule has 3 aromatic rings. The number of fused-ring (bicyclic) bond motifs is 1. The zero-order valence-corrected chi connectivity index (χ0v) is 16.3. The Morgan fingerprint density at radius 2 is 1.86 bits per heavy atom. The molecule has 28 heavy (non-hydrogen) atoms. The minimum atomic E-state index is -0.481. The first-order valence-electron chi connectivity index (χ1n) is 7.97. The van der Waals surface area contributed by atoms with Crippen LogP contribution in [0, 0.1) is 21.4 Å². The molecular formula is C19H13Cl2N3O4. The number of pyridine rings is 1. The maximum Gasteiger partial charge on any atom is 0.277 e. The lowest BCUT2D eigenvalue weighted by molar-refractivity contribution is -0.384. The van der Waals surface area contributed by atoms with Crippen LogP contribution in [0.4, 0.5) is 5.69 Å². The highest BCUT2D eigenvalue weighted by atomic mass is 35.5. The maximum atomic E-state index is 11.6. The number of ether oxygens (including phenoxy) is 2. The van der Waals surface area contributed by atoms with Crippen molar-refractivity contribution >= 4 is 39.8 Å². The van der Waals surface area contributed by atoms with Gasteiger partial charge >= 0.3 is 0 Å². The average molecular weight is 418 g/mol. The van der Waals surface area contributed by atoms with Crippen LogP contribution in [0.3, 0.4) is 0 Å². The Kier molecular flexibility index (Phi) is 5.54. The van der Waals surface area contributed by atoms with E-state index in [9.17, 15) is 15.4 Å². The van der Waals surface area contributed by atoms with E-state index in [-0.39, 0.29) is 33.6 Å². The van der Waals surface area contributed by atoms with E-state index in [1.807, 2.05) is 6.07 Å². The van der Waals surface area contributed by atoms with Crippen molar-refractivity contribution in [1.29, 1.82) is 5.26 Å². The van der Waals surface area contributed by atoms with Gasteiger partial charge in [0.05, 0.1) is 47.6 Å². The van der Waals surface area contributed by atoms with Crippen molar-refractivity contribution in [1.82, 2.24) is 4.98 Å². The van der Waals surface area contributed by atoms with Crippen molar-refractivity contribution in [3.05, 3.63) is 56.2 Å². The first-order chi connectivity index (χ1) is 13.4. The number of methoxy groups -OCH3 is 2. The van der Waals surface area contributed by atoms with Crippen molar-refractivity contribution in [2.75, 3.05) is 14.2 Å². The van der Waals surface area contributed by atoms with Crippen LogP contribution >= 0.6 is 23.2 Å². The second-order valence-electron chi connectivity index (χ2n) is 5.68. The summed E-state index contributed by atoms with van der Waals surface area (Å²) < 4.78 is 11.0. The standard InChI is InChI=1S/C19H13Cl2N3O4/c1-27-18-11(7-8-22)16(21)19(28-2)17-15(18)12(9-14(20)23-17)10-5-3-4-6-13(10)24(25)26/h3-6,9H,7H2,1-2H3. The lowest BCUT2D eigenvalue weighted by atomic mass is 9.96. The summed E-state index contributed by atoms with van der Waals surface area (Å²) in [6, 6.07) is 9.80. The van der Waals surface area contributed by atoms with E-state index in [4.69, 9.17) is 32.7 Å². The highest BCUT2D eigenvalue weighted by Gasteiger charge is 2.26. The molecule has 0 N–H and O–H groups in total. The van der Waals surface area contributed by atoms with Crippen LogP contribution in [0.15, 0.2) is 30.3 Å². The molecule has 0 fully saturated rings. The minimum absolute atomic E-state index is 0.0484. The van der Waals surface area contributed by atoms with E-state index < -0.39 is 4.92 Å². The summed E-state index contributed by atoms with van der Waals surface area (Å²) in [7, 11) is 2.84. The number of aromatic nitrogens is 1. The molecule has 0 amide bonds. The third kappa shape index (κ3) is 3.17. The Balaban J connectivity index is 2.58. The minimum Gasteiger partial charge on any atom is -0.496 e. The molecule has 142 valence electrons. The summed E-state index contributed by atoms with van der Waals surface area (Å²) in [5.74, 6) is 0.504. The molecule has 0 aliphatic carbocycles. The van der Waals surface area contributed by atoms with E-state index in [1.54, 1.807) is 18.2 Å². The molecule has 0 saturated heterocycles. The fraction of sp³-hybridized carbons (Fsp3) is 0.158. The second-order valence-corrected chi connectivity index (χ2v) is 6.45. The molecule has 1 aromatic heterocycles. The van der Waals surface area contributed by atoms with E-state index >= 15 is 0 Å². The molecule has 0 radical (unpaired) electrons. The molecule has 0 unspecified atom stereocenters. The Morgan fingerprint density at radius 3 is 2.46 bits per heavy atom. The van der Waals surface area contributed by atoms with Crippen LogP contribution in [-0.2, 0) is 6.42 Å². The highest BCUT2D eigenvalue weighted by Crippen LogP contribution is 2.48. The van der Waals surface area contributed by atoms with Crippen molar-refractivity contribution in [2.45, 2.75) is 6.42 Å². The third-order valence-electron chi connectivity index (χ3n) is 4.22. The topological polar surface area (TPSA) is 98.3 Å². The van der Waals surface area contributed by atoms with Gasteiger partial charge in [0, 0.05) is 17.2 Å². The molecule has 0 spiro atoms. The van der Waals surface area contributed by atoms with Crippen molar-refractivity contribution in [2.24, 2.45) is 0 Å². The smallest absolute Gasteiger partial charge is 0.277 e. The fourth-order valence-corrected chi connectivity index (χ4v) is 3.63. The van der Waals surface area contributed by atoms with Gasteiger partial charge in [-0.15, -0.1) is 0 Å². The van der Waals surface area contributed by atoms with Gasteiger partial charge in [0.1, 0.15) is 16.4 Å². The monoisotopic (exact) mass is 417 g/mol. The van der Waals surface area contributed by atoms with Gasteiger partial charge in [-0.1, -0.05) is 35.3 Å². The Morgan fingerprint density at radius 1 is 1.18 bits per heavy atom. The lowest BCUT2D eigenvalue weighted by Gasteiger charge is -2.18. The molecule has 7 nitrogen and oxygen atoms in total. The van der Waals surface area contributed by atoms with E-state index in [2.05, 4.69) is 4.98 Å². The molecule has 0 bridgehead atoms. The van der Waals surface area contributed by atoms with Crippen molar-refractivity contribution in [3.63, 3.8) is 0 Å². The molecule has 0 aliphatic rings. The first kappa shape index (κ1) is 19.7. The zero-order chi connectivity index (χ0) is 20.4. The van der Waals surface area contributed by atoms with Crippen LogP contribution in [0.5, 0.6) is 11.5 Å². The number of nitriles is 1. The Labute approximate surface area is 170 Å². The van der Waals surface area contributed by atoms with Gasteiger partial charge < -0.3 is 9.47 Å². The summed E-state index contributed by atoms with van der Waals surface area (Å²) in [5.41, 5.74) is 1.33. The van der Waals surface area contributed by atoms with Crippen molar-refractivity contribution in [3.8, 4) is 28.7 Å². The summed E-state index contributed by atoms with van der Waals surface area (Å²) in [6.07, 6.45) is -0.0484. The number of halogens is 2. The van der Waals surface area contributed by atoms with Crippen LogP contribution in [0.1, 0.15) is 5.56 Å². The molecule has 0 saturated carbocycles. The van der Waals surface area contributed by atoms with Gasteiger partial charge in [-0.05, 0) is 12.1 Å². The van der Waals surface area contributed by atoms with Crippen LogP contribution in [0.25, 0.3) is 22.0 Å². The van der Waals surface area contributed by atoms with Gasteiger partial charge in [-0.3, -0.25) is 10.1 Å². The maximum absolute atomic E-state index is 11.6. The molecule has 9 heteroatoms. The SMILES string of the molecule is COc1c(Cl)c(CC#N)c(OC)c2c(-c3ccccc3[N+](=O)[O-])cc(Cl)nc12. The number of nitro groups is 1. The average Bonchev–Trinajstić information content (AvgIpc) is 2.68. The Hall–Kier alpha value is -3.08. The Bertz CT molecular complexity index is 1140. The first-order valence-corrected chi connectivity index (χ1v) is 8.73. The highest BCUT2D eigenvalue weighted by molar-refractivity contribution is 6.35. The number of benzene rings is 2. The summed E-state index contributed by atoms with van der Waals surface area (Å²) >= 11 is 12.6. The van der Waals surface area contributed by atoms with E-state index in [0.717, 1.165) is 0 Å². The largest absolute Gasteiger partial charge is 0.496 e. The molecule has 2 aromatic carbocycles. The van der Waals surface area contributed by atoms with Crippen LogP contribution in [0.2, 0.25) is 10.2 Å². The molecular weight excluding hydrogens is 405 g/mol. The van der Waals surface area contributed by atoms with Crippen LogP contribution in [-0.4, -0.2) is 24.1 Å². The molecule has 3 rings (SSSR count). The number of hydrogen-bond acceptors (Lipinski definition) is 6. The van der Waals surface area contributed by atoms with Gasteiger partial charge in [-0.2, -0.15) is 5.26 Å². The van der Waals surface area contributed by atoms with Gasteiger partial charge in [-0.25, -0.2) is 4.98 Å². The lowest BCUT2D eigenvalue weighted by Crippen LogP contribution is -2.01. The predicted octanol–water partition coefficient (Wildman–Crippen LogP) is 5.20. The summed E-state index contributed by atoms with van der Waals surface area (Å²) in [6.45, 7) is 0. The summed E-state index contributed by atoms with van der Waals surface area (Å²) in [4.78, 5) is 15.4. The van der Waals surface area contributed by atoms with Crippen molar-refractivity contribution < 1.29 is 14.4 Å².